The number of carbonyl (C=O) groups is 2. The summed E-state index contributed by atoms with van der Waals surface area (Å²) in [5.41, 5.74) is 0.780. The minimum Gasteiger partial charge on any atom is -0.462 e. The van der Waals surface area contributed by atoms with Crippen LogP contribution in [-0.2, 0) is 9.53 Å². The molecule has 0 radical (unpaired) electrons. The number of nitrogens with one attached hydrogen (secondary N) is 1. The zero-order valence-corrected chi connectivity index (χ0v) is 32.0. The predicted molar refractivity (Wildman–Crippen MR) is 208 cm³/mol. The quantitative estimate of drug-likeness (QED) is 0.0419. The van der Waals surface area contributed by atoms with Crippen LogP contribution in [0.1, 0.15) is 109 Å². The Bertz CT molecular complexity index is 1780. The Kier molecular flexibility index (Phi) is 15.7. The summed E-state index contributed by atoms with van der Waals surface area (Å²) in [6.45, 7) is 8.43. The van der Waals surface area contributed by atoms with Crippen molar-refractivity contribution in [3.63, 3.8) is 0 Å². The fraction of sp³-hybridized carbons (Fsp3) is 0.462. The molecule has 0 heterocycles. The van der Waals surface area contributed by atoms with Crippen LogP contribution >= 0.6 is 11.6 Å². The van der Waals surface area contributed by atoms with E-state index in [0.717, 1.165) is 31.4 Å². The van der Waals surface area contributed by atoms with Gasteiger partial charge >= 0.3 is 5.97 Å². The number of unbranched alkanes of at least 4 members (excludes halogenated alkanes) is 9. The minimum absolute atomic E-state index is 0.0393. The zero-order valence-electron chi connectivity index (χ0n) is 31.3. The third-order valence-electron chi connectivity index (χ3n) is 9.10. The third kappa shape index (κ3) is 10.8. The molecule has 0 aliphatic rings. The summed E-state index contributed by atoms with van der Waals surface area (Å²) in [5, 5.41) is 27.2. The second kappa shape index (κ2) is 19.7. The van der Waals surface area contributed by atoms with Gasteiger partial charge in [-0.25, -0.2) is 9.79 Å². The van der Waals surface area contributed by atoms with Gasteiger partial charge < -0.3 is 15.0 Å². The lowest BCUT2D eigenvalue weighted by Crippen LogP contribution is -2.26. The number of hydrogen-bond donors (Lipinski definition) is 1. The van der Waals surface area contributed by atoms with Gasteiger partial charge in [0.25, 0.3) is 17.3 Å². The summed E-state index contributed by atoms with van der Waals surface area (Å²) in [5.74, 6) is -1.42. The molecule has 0 atom stereocenters. The average Bonchev–Trinajstić information content (AvgIpc) is 3.07. The van der Waals surface area contributed by atoms with Crippen LogP contribution in [0.5, 0.6) is 0 Å². The highest BCUT2D eigenvalue weighted by atomic mass is 35.5. The normalized spacial score (nSPS) is 11.3. The molecule has 1 N–H and O–H groups in total. The molecule has 280 valence electrons. The SMILES string of the molecule is CCCCCCCCCCCCOC(=O)c1ccc(Cl)c(NC(=O)C(=Nc2ccc(N(C)C)cc2C)c2c(C)c([N+](=O)[O-])c(C)c([N+](=O)[O-])c2C)c1. The van der Waals surface area contributed by atoms with E-state index in [1.54, 1.807) is 19.1 Å². The van der Waals surface area contributed by atoms with Gasteiger partial charge in [0.05, 0.1) is 38.4 Å². The number of hydrogen-bond acceptors (Lipinski definition) is 9. The number of aryl methyl sites for hydroxylation is 1. The molecule has 0 saturated heterocycles. The number of halogens is 1. The third-order valence-corrected chi connectivity index (χ3v) is 9.43. The van der Waals surface area contributed by atoms with Crippen molar-refractivity contribution >= 4 is 57.6 Å². The second-order valence-electron chi connectivity index (χ2n) is 13.3. The van der Waals surface area contributed by atoms with Crippen molar-refractivity contribution in [3.05, 3.63) is 95.0 Å². The number of ether oxygens (including phenoxy) is 1. The molecule has 0 aromatic heterocycles. The van der Waals surface area contributed by atoms with Crippen LogP contribution in [0.2, 0.25) is 5.02 Å². The number of carbonyl (C=O) groups excluding carboxylic acids is 2. The Morgan fingerprint density at radius 3 is 1.88 bits per heavy atom. The van der Waals surface area contributed by atoms with Gasteiger partial charge in [0.1, 0.15) is 11.3 Å². The number of anilines is 2. The van der Waals surface area contributed by atoms with E-state index in [9.17, 15) is 29.8 Å². The molecule has 0 spiro atoms. The topological polar surface area (TPSA) is 157 Å². The Morgan fingerprint density at radius 2 is 1.37 bits per heavy atom. The number of rotatable bonds is 19. The van der Waals surface area contributed by atoms with Crippen LogP contribution in [0.15, 0.2) is 41.4 Å². The molecule has 52 heavy (non-hydrogen) atoms. The first-order valence-corrected chi connectivity index (χ1v) is 18.1. The predicted octanol–water partition coefficient (Wildman–Crippen LogP) is 10.3. The molecule has 0 aliphatic carbocycles. The molecular weight excluding hydrogens is 686 g/mol. The summed E-state index contributed by atoms with van der Waals surface area (Å²) in [7, 11) is 3.75. The lowest BCUT2D eigenvalue weighted by Gasteiger charge is -2.17. The van der Waals surface area contributed by atoms with E-state index in [2.05, 4.69) is 17.2 Å². The maximum atomic E-state index is 14.2. The molecule has 0 bridgehead atoms. The van der Waals surface area contributed by atoms with Crippen LogP contribution < -0.4 is 10.2 Å². The van der Waals surface area contributed by atoms with Crippen molar-refractivity contribution in [3.8, 4) is 0 Å². The fourth-order valence-corrected chi connectivity index (χ4v) is 6.41. The molecule has 0 aliphatic heterocycles. The molecule has 3 aromatic rings. The standard InChI is InChI=1S/C39H50ClN5O7/c1-8-9-10-11-12-13-14-15-16-17-22-52-39(47)29-18-20-31(40)33(24-29)42-38(46)35(41-32-21-19-30(43(6)7)23-25(32)2)34-26(3)36(44(48)49)28(5)37(27(34)4)45(50)51/h18-21,23-24H,8-17,22H2,1-7H3,(H,42,46). The van der Waals surface area contributed by atoms with Gasteiger partial charge in [-0.15, -0.1) is 0 Å². The highest BCUT2D eigenvalue weighted by molar-refractivity contribution is 6.50. The lowest BCUT2D eigenvalue weighted by atomic mass is 9.91. The van der Waals surface area contributed by atoms with Crippen molar-refractivity contribution < 1.29 is 24.2 Å². The van der Waals surface area contributed by atoms with Gasteiger partial charge in [0.2, 0.25) is 0 Å². The molecule has 3 rings (SSSR count). The summed E-state index contributed by atoms with van der Waals surface area (Å²) in [6, 6.07) is 9.67. The highest BCUT2D eigenvalue weighted by Crippen LogP contribution is 2.39. The molecule has 0 fully saturated rings. The van der Waals surface area contributed by atoms with E-state index < -0.39 is 33.1 Å². The highest BCUT2D eigenvalue weighted by Gasteiger charge is 2.34. The minimum atomic E-state index is -0.840. The van der Waals surface area contributed by atoms with Gasteiger partial charge in [-0.1, -0.05) is 76.3 Å². The van der Waals surface area contributed by atoms with E-state index in [4.69, 9.17) is 16.3 Å². The zero-order chi connectivity index (χ0) is 38.5. The number of amides is 1. The number of nitro groups is 2. The summed E-state index contributed by atoms with van der Waals surface area (Å²) in [6.07, 6.45) is 11.5. The fourth-order valence-electron chi connectivity index (χ4n) is 6.25. The van der Waals surface area contributed by atoms with E-state index in [1.165, 1.54) is 77.5 Å². The van der Waals surface area contributed by atoms with Crippen LogP contribution in [0.4, 0.5) is 28.4 Å². The van der Waals surface area contributed by atoms with E-state index in [0.29, 0.717) is 11.3 Å². The first-order chi connectivity index (χ1) is 24.7. The maximum absolute atomic E-state index is 14.2. The van der Waals surface area contributed by atoms with Crippen LogP contribution in [-0.4, -0.2) is 48.1 Å². The van der Waals surface area contributed by atoms with Crippen molar-refractivity contribution in [2.24, 2.45) is 4.99 Å². The average molecular weight is 736 g/mol. The van der Waals surface area contributed by atoms with E-state index >= 15 is 0 Å². The van der Waals surface area contributed by atoms with Gasteiger partial charge in [-0.3, -0.25) is 25.0 Å². The van der Waals surface area contributed by atoms with Crippen molar-refractivity contribution in [2.45, 2.75) is 98.8 Å². The number of nitro benzene ring substituents is 2. The molecule has 0 unspecified atom stereocenters. The molecule has 13 heteroatoms. The lowest BCUT2D eigenvalue weighted by molar-refractivity contribution is -0.395. The molecule has 3 aromatic carbocycles. The Hall–Kier alpha value is -4.84. The molecule has 12 nitrogen and oxygen atoms in total. The van der Waals surface area contributed by atoms with Gasteiger partial charge in [-0.2, -0.15) is 0 Å². The van der Waals surface area contributed by atoms with Gasteiger partial charge in [0.15, 0.2) is 0 Å². The number of aliphatic imine (C=N–C) groups is 1. The maximum Gasteiger partial charge on any atom is 0.338 e. The molecule has 0 saturated carbocycles. The van der Waals surface area contributed by atoms with Crippen LogP contribution in [0.3, 0.4) is 0 Å². The number of nitrogens with zero attached hydrogens (tertiary/aromatic N) is 4. The monoisotopic (exact) mass is 735 g/mol. The first kappa shape index (κ1) is 41.6. The van der Waals surface area contributed by atoms with Crippen molar-refractivity contribution in [1.29, 1.82) is 0 Å². The Labute approximate surface area is 310 Å². The second-order valence-corrected chi connectivity index (χ2v) is 13.7. The summed E-state index contributed by atoms with van der Waals surface area (Å²) < 4.78 is 5.50. The Morgan fingerprint density at radius 1 is 0.808 bits per heavy atom. The molecular formula is C39H50ClN5O7. The van der Waals surface area contributed by atoms with Crippen LogP contribution in [0.25, 0.3) is 0 Å². The molecule has 1 amide bonds. The van der Waals surface area contributed by atoms with Gasteiger partial charge in [-0.05, 0) is 76.1 Å². The van der Waals surface area contributed by atoms with Crippen LogP contribution in [0, 0.1) is 47.9 Å². The smallest absolute Gasteiger partial charge is 0.338 e. The van der Waals surface area contributed by atoms with Crippen molar-refractivity contribution in [2.75, 3.05) is 30.9 Å². The first-order valence-electron chi connectivity index (χ1n) is 17.8. The number of esters is 1. The van der Waals surface area contributed by atoms with Gasteiger partial charge in [0, 0.05) is 36.5 Å². The van der Waals surface area contributed by atoms with Crippen molar-refractivity contribution in [1.82, 2.24) is 0 Å². The number of benzene rings is 3. The van der Waals surface area contributed by atoms with E-state index in [-0.39, 0.29) is 50.8 Å². The summed E-state index contributed by atoms with van der Waals surface area (Å²) in [4.78, 5) is 56.7. The Balaban J connectivity index is 1.92. The van der Waals surface area contributed by atoms with E-state index in [1.807, 2.05) is 25.1 Å². The summed E-state index contributed by atoms with van der Waals surface area (Å²) >= 11 is 6.48. The largest absolute Gasteiger partial charge is 0.462 e.